The Kier molecular flexibility index (Phi) is 5.31. The molecule has 1 saturated carbocycles. The summed E-state index contributed by atoms with van der Waals surface area (Å²) in [6.07, 6.45) is 2.81. The second-order valence-electron chi connectivity index (χ2n) is 4.91. The molecule has 20 heavy (non-hydrogen) atoms. The van der Waals surface area contributed by atoms with Gasteiger partial charge in [-0.25, -0.2) is 13.1 Å². The highest BCUT2D eigenvalue weighted by Gasteiger charge is 2.27. The van der Waals surface area contributed by atoms with Gasteiger partial charge in [0.2, 0.25) is 10.0 Å². The van der Waals surface area contributed by atoms with E-state index in [-0.39, 0.29) is 16.0 Å². The summed E-state index contributed by atoms with van der Waals surface area (Å²) in [7, 11) is -3.62. The van der Waals surface area contributed by atoms with E-state index >= 15 is 0 Å². The summed E-state index contributed by atoms with van der Waals surface area (Å²) in [6, 6.07) is 3.11. The fourth-order valence-electron chi connectivity index (χ4n) is 2.01. The van der Waals surface area contributed by atoms with Crippen LogP contribution in [0.3, 0.4) is 0 Å². The minimum absolute atomic E-state index is 0.0206. The highest BCUT2D eigenvalue weighted by atomic mass is 35.5. The molecule has 4 nitrogen and oxygen atoms in total. The zero-order chi connectivity index (χ0) is 14.8. The quantitative estimate of drug-likeness (QED) is 0.839. The lowest BCUT2D eigenvalue weighted by Crippen LogP contribution is -2.39. The summed E-state index contributed by atoms with van der Waals surface area (Å²) >= 11 is 12.2. The molecule has 1 aromatic rings. The molecule has 0 aliphatic heterocycles. The van der Waals surface area contributed by atoms with Gasteiger partial charge in [0.25, 0.3) is 0 Å². The molecule has 0 spiro atoms. The summed E-state index contributed by atoms with van der Waals surface area (Å²) in [5, 5.41) is 3.73. The molecule has 1 aliphatic rings. The molecule has 1 aliphatic carbocycles. The van der Waals surface area contributed by atoms with Crippen LogP contribution in [0, 0.1) is 0 Å². The fourth-order valence-corrected chi connectivity index (χ4v) is 4.25. The number of hydrogen-bond acceptors (Lipinski definition) is 3. The first-order valence-electron chi connectivity index (χ1n) is 6.65. The number of sulfonamides is 1. The van der Waals surface area contributed by atoms with Crippen LogP contribution in [0.5, 0.6) is 0 Å². The van der Waals surface area contributed by atoms with Crippen molar-refractivity contribution < 1.29 is 8.42 Å². The van der Waals surface area contributed by atoms with Crippen LogP contribution >= 0.6 is 23.2 Å². The molecule has 2 N–H and O–H groups in total. The predicted molar refractivity (Wildman–Crippen MR) is 81.8 cm³/mol. The Morgan fingerprint density at radius 1 is 1.30 bits per heavy atom. The average molecular weight is 337 g/mol. The Labute approximate surface area is 129 Å². The van der Waals surface area contributed by atoms with Crippen LogP contribution in [-0.2, 0) is 16.6 Å². The van der Waals surface area contributed by atoms with Crippen molar-refractivity contribution >= 4 is 33.2 Å². The first-order chi connectivity index (χ1) is 9.44. The predicted octanol–water partition coefficient (Wildman–Crippen LogP) is 2.93. The molecule has 0 amide bonds. The van der Waals surface area contributed by atoms with E-state index in [9.17, 15) is 8.42 Å². The molecule has 1 fully saturated rings. The topological polar surface area (TPSA) is 58.2 Å². The molecule has 0 saturated heterocycles. The first kappa shape index (κ1) is 16.0. The van der Waals surface area contributed by atoms with Crippen LogP contribution in [0.15, 0.2) is 17.0 Å². The smallest absolute Gasteiger partial charge is 0.242 e. The number of benzene rings is 1. The van der Waals surface area contributed by atoms with Crippen molar-refractivity contribution in [2.45, 2.75) is 43.7 Å². The summed E-state index contributed by atoms with van der Waals surface area (Å²) in [5.41, 5.74) is 0.690. The van der Waals surface area contributed by atoms with E-state index in [0.717, 1.165) is 25.8 Å². The van der Waals surface area contributed by atoms with E-state index in [0.29, 0.717) is 17.1 Å². The number of halogens is 2. The van der Waals surface area contributed by atoms with Gasteiger partial charge in [0.1, 0.15) is 4.90 Å². The zero-order valence-electron chi connectivity index (χ0n) is 11.2. The van der Waals surface area contributed by atoms with Gasteiger partial charge in [-0.05, 0) is 37.1 Å². The Balaban J connectivity index is 2.31. The Hall–Kier alpha value is -0.330. The third kappa shape index (κ3) is 3.65. The minimum Gasteiger partial charge on any atom is -0.313 e. The second-order valence-corrected chi connectivity index (χ2v) is 7.40. The van der Waals surface area contributed by atoms with E-state index in [1.54, 1.807) is 6.07 Å². The van der Waals surface area contributed by atoms with Crippen molar-refractivity contribution in [2.75, 3.05) is 6.54 Å². The summed E-state index contributed by atoms with van der Waals surface area (Å²) < 4.78 is 27.4. The van der Waals surface area contributed by atoms with Crippen LogP contribution in [0.2, 0.25) is 10.0 Å². The Morgan fingerprint density at radius 2 is 2.00 bits per heavy atom. The van der Waals surface area contributed by atoms with Crippen LogP contribution in [0.1, 0.15) is 31.7 Å². The maximum Gasteiger partial charge on any atom is 0.242 e. The SMILES string of the molecule is CCNCc1cc(Cl)cc(S(=O)(=O)NC2CCC2)c1Cl. The van der Waals surface area contributed by atoms with E-state index in [1.165, 1.54) is 6.07 Å². The largest absolute Gasteiger partial charge is 0.313 e. The zero-order valence-corrected chi connectivity index (χ0v) is 13.6. The van der Waals surface area contributed by atoms with Crippen LogP contribution in [0.4, 0.5) is 0 Å². The molecule has 1 aromatic carbocycles. The molecule has 0 unspecified atom stereocenters. The van der Waals surface area contributed by atoms with Gasteiger partial charge in [0.05, 0.1) is 5.02 Å². The molecule has 112 valence electrons. The molecule has 0 bridgehead atoms. The normalized spacial score (nSPS) is 16.1. The van der Waals surface area contributed by atoms with Gasteiger partial charge in [-0.1, -0.05) is 36.5 Å². The van der Waals surface area contributed by atoms with Crippen LogP contribution in [-0.4, -0.2) is 21.0 Å². The van der Waals surface area contributed by atoms with Gasteiger partial charge in [-0.15, -0.1) is 0 Å². The van der Waals surface area contributed by atoms with Gasteiger partial charge in [0, 0.05) is 17.6 Å². The van der Waals surface area contributed by atoms with Crippen molar-refractivity contribution in [1.82, 2.24) is 10.0 Å². The lowest BCUT2D eigenvalue weighted by molar-refractivity contribution is 0.383. The lowest BCUT2D eigenvalue weighted by Gasteiger charge is -2.26. The fraction of sp³-hybridized carbons (Fsp3) is 0.538. The third-order valence-electron chi connectivity index (χ3n) is 3.36. The third-order valence-corrected chi connectivity index (χ3v) is 5.68. The van der Waals surface area contributed by atoms with Gasteiger partial charge >= 0.3 is 0 Å². The van der Waals surface area contributed by atoms with E-state index < -0.39 is 10.0 Å². The van der Waals surface area contributed by atoms with E-state index in [2.05, 4.69) is 10.0 Å². The second kappa shape index (κ2) is 6.62. The summed E-state index contributed by atoms with van der Waals surface area (Å²) in [5.74, 6) is 0. The van der Waals surface area contributed by atoms with Gasteiger partial charge in [-0.2, -0.15) is 0 Å². The van der Waals surface area contributed by atoms with Gasteiger partial charge < -0.3 is 5.32 Å². The Morgan fingerprint density at radius 3 is 2.55 bits per heavy atom. The van der Waals surface area contributed by atoms with Crippen LogP contribution < -0.4 is 10.0 Å². The van der Waals surface area contributed by atoms with Gasteiger partial charge in [0.15, 0.2) is 0 Å². The van der Waals surface area contributed by atoms with Gasteiger partial charge in [-0.3, -0.25) is 0 Å². The van der Waals surface area contributed by atoms with Crippen LogP contribution in [0.25, 0.3) is 0 Å². The monoisotopic (exact) mass is 336 g/mol. The number of hydrogen-bond donors (Lipinski definition) is 2. The standard InChI is InChI=1S/C13H18Cl2N2O2S/c1-2-16-8-9-6-10(14)7-12(13(9)15)20(18,19)17-11-4-3-5-11/h6-7,11,16-17H,2-5,8H2,1H3. The molecule has 0 radical (unpaired) electrons. The summed E-state index contributed by atoms with van der Waals surface area (Å²) in [6.45, 7) is 3.22. The molecule has 2 rings (SSSR count). The van der Waals surface area contributed by atoms with Crippen molar-refractivity contribution in [3.63, 3.8) is 0 Å². The highest BCUT2D eigenvalue weighted by molar-refractivity contribution is 7.89. The molecule has 7 heteroatoms. The average Bonchev–Trinajstić information content (AvgIpc) is 2.34. The lowest BCUT2D eigenvalue weighted by atomic mass is 9.94. The number of rotatable bonds is 6. The van der Waals surface area contributed by atoms with Crippen molar-refractivity contribution in [2.24, 2.45) is 0 Å². The molecular formula is C13H18Cl2N2O2S. The maximum atomic E-state index is 12.4. The van der Waals surface area contributed by atoms with Crippen molar-refractivity contribution in [3.8, 4) is 0 Å². The Bertz CT molecular complexity index is 586. The minimum atomic E-state index is -3.62. The molecule has 0 heterocycles. The maximum absolute atomic E-state index is 12.4. The highest BCUT2D eigenvalue weighted by Crippen LogP contribution is 2.30. The van der Waals surface area contributed by atoms with Crippen molar-refractivity contribution in [3.05, 3.63) is 27.7 Å². The molecule has 0 aromatic heterocycles. The summed E-state index contributed by atoms with van der Waals surface area (Å²) in [4.78, 5) is 0.0615. The van der Waals surface area contributed by atoms with E-state index in [1.807, 2.05) is 6.92 Å². The van der Waals surface area contributed by atoms with E-state index in [4.69, 9.17) is 23.2 Å². The van der Waals surface area contributed by atoms with Crippen molar-refractivity contribution in [1.29, 1.82) is 0 Å². The first-order valence-corrected chi connectivity index (χ1v) is 8.89. The molecule has 0 atom stereocenters. The molecular weight excluding hydrogens is 319 g/mol. The number of nitrogens with one attached hydrogen (secondary N) is 2.